The smallest absolute Gasteiger partial charge is 0.231 e. The first-order valence-electron chi connectivity index (χ1n) is 8.05. The number of nitrogens with two attached hydrogens (primary N) is 1. The van der Waals surface area contributed by atoms with Crippen molar-refractivity contribution in [3.63, 3.8) is 0 Å². The molecule has 1 saturated heterocycles. The van der Waals surface area contributed by atoms with Gasteiger partial charge in [-0.2, -0.15) is 0 Å². The molecule has 1 amide bonds. The minimum atomic E-state index is 0. The Labute approximate surface area is 168 Å². The summed E-state index contributed by atoms with van der Waals surface area (Å²) in [5.74, 6) is 2.07. The van der Waals surface area contributed by atoms with E-state index < -0.39 is 0 Å². The summed E-state index contributed by atoms with van der Waals surface area (Å²) in [4.78, 5) is 18.9. The predicted molar refractivity (Wildman–Crippen MR) is 106 cm³/mol. The molecule has 2 aliphatic heterocycles. The Hall–Kier alpha value is -1.54. The fourth-order valence-electron chi connectivity index (χ4n) is 3.07. The molecule has 1 fully saturated rings. The maximum atomic E-state index is 12.4. The standard InChI is InChI=1S/C17H19N3O3S.2ClH/c18-7-11-3-4-20(8-11)16(21)6-13-9-24-17(19-13)12-1-2-14-15(5-12)23-10-22-14;;/h1-2,5,9,11H,3-4,6-8,10,18H2;2*1H. The van der Waals surface area contributed by atoms with Gasteiger partial charge in [-0.15, -0.1) is 36.2 Å². The van der Waals surface area contributed by atoms with Gasteiger partial charge in [0.05, 0.1) is 12.1 Å². The molecule has 1 unspecified atom stereocenters. The number of amides is 1. The zero-order valence-electron chi connectivity index (χ0n) is 14.1. The SMILES string of the molecule is Cl.Cl.NCC1CCN(C(=O)Cc2csc(-c3ccc4c(c3)OCO4)n2)C1. The molecule has 4 rings (SSSR count). The van der Waals surface area contributed by atoms with Crippen molar-refractivity contribution in [2.24, 2.45) is 11.7 Å². The normalized spacial score (nSPS) is 17.6. The van der Waals surface area contributed by atoms with Crippen molar-refractivity contribution in [3.05, 3.63) is 29.3 Å². The van der Waals surface area contributed by atoms with E-state index in [4.69, 9.17) is 15.2 Å². The average Bonchev–Trinajstić information content (AvgIpc) is 3.33. The molecule has 0 radical (unpaired) electrons. The first kappa shape index (κ1) is 20.8. The summed E-state index contributed by atoms with van der Waals surface area (Å²) in [6.45, 7) is 2.49. The van der Waals surface area contributed by atoms with Crippen LogP contribution in [0.3, 0.4) is 0 Å². The molecule has 0 saturated carbocycles. The fraction of sp³-hybridized carbons (Fsp3) is 0.412. The first-order valence-corrected chi connectivity index (χ1v) is 8.93. The van der Waals surface area contributed by atoms with Gasteiger partial charge in [-0.05, 0) is 37.1 Å². The Morgan fingerprint density at radius 3 is 2.88 bits per heavy atom. The molecule has 1 aromatic carbocycles. The lowest BCUT2D eigenvalue weighted by atomic mass is 10.1. The van der Waals surface area contributed by atoms with Gasteiger partial charge >= 0.3 is 0 Å². The van der Waals surface area contributed by atoms with E-state index in [2.05, 4.69) is 4.98 Å². The summed E-state index contributed by atoms with van der Waals surface area (Å²) in [6, 6.07) is 5.78. The van der Waals surface area contributed by atoms with Gasteiger partial charge in [0.15, 0.2) is 11.5 Å². The van der Waals surface area contributed by atoms with Crippen LogP contribution in [0.5, 0.6) is 11.5 Å². The minimum absolute atomic E-state index is 0. The third-order valence-electron chi connectivity index (χ3n) is 4.48. The Kier molecular flexibility index (Phi) is 7.11. The van der Waals surface area contributed by atoms with Crippen LogP contribution in [0.25, 0.3) is 10.6 Å². The second kappa shape index (κ2) is 8.90. The minimum Gasteiger partial charge on any atom is -0.454 e. The second-order valence-corrected chi connectivity index (χ2v) is 6.98. The van der Waals surface area contributed by atoms with Gasteiger partial charge in [0.2, 0.25) is 12.7 Å². The highest BCUT2D eigenvalue weighted by molar-refractivity contribution is 7.13. The number of rotatable bonds is 4. The number of fused-ring (bicyclic) bond motifs is 1. The van der Waals surface area contributed by atoms with Crippen LogP contribution in [-0.4, -0.2) is 42.2 Å². The Balaban J connectivity index is 0.00000121. The molecule has 6 nitrogen and oxygen atoms in total. The highest BCUT2D eigenvalue weighted by Crippen LogP contribution is 2.36. The van der Waals surface area contributed by atoms with Crippen LogP contribution in [0.2, 0.25) is 0 Å². The van der Waals surface area contributed by atoms with E-state index in [1.54, 1.807) is 0 Å². The molecule has 1 aromatic heterocycles. The van der Waals surface area contributed by atoms with Gasteiger partial charge in [-0.3, -0.25) is 4.79 Å². The van der Waals surface area contributed by atoms with E-state index in [1.165, 1.54) is 11.3 Å². The summed E-state index contributed by atoms with van der Waals surface area (Å²) in [5, 5.41) is 2.84. The van der Waals surface area contributed by atoms with Crippen molar-refractivity contribution in [2.75, 3.05) is 26.4 Å². The van der Waals surface area contributed by atoms with Gasteiger partial charge in [0.25, 0.3) is 0 Å². The van der Waals surface area contributed by atoms with Gasteiger partial charge in [-0.1, -0.05) is 0 Å². The van der Waals surface area contributed by atoms with Crippen molar-refractivity contribution < 1.29 is 14.3 Å². The highest BCUT2D eigenvalue weighted by Gasteiger charge is 2.25. The lowest BCUT2D eigenvalue weighted by Gasteiger charge is -2.15. The number of benzene rings is 1. The monoisotopic (exact) mass is 417 g/mol. The molecular weight excluding hydrogens is 397 g/mol. The maximum absolute atomic E-state index is 12.4. The van der Waals surface area contributed by atoms with Gasteiger partial charge in [0.1, 0.15) is 5.01 Å². The number of halogens is 2. The molecule has 2 aromatic rings. The van der Waals surface area contributed by atoms with E-state index in [0.29, 0.717) is 18.9 Å². The number of hydrogen-bond donors (Lipinski definition) is 1. The van der Waals surface area contributed by atoms with Crippen LogP contribution in [0.1, 0.15) is 12.1 Å². The van der Waals surface area contributed by atoms with E-state index in [1.807, 2.05) is 28.5 Å². The van der Waals surface area contributed by atoms with Crippen molar-refractivity contribution in [1.82, 2.24) is 9.88 Å². The molecule has 26 heavy (non-hydrogen) atoms. The van der Waals surface area contributed by atoms with E-state index in [-0.39, 0.29) is 37.5 Å². The second-order valence-electron chi connectivity index (χ2n) is 6.12. The molecule has 0 aliphatic carbocycles. The molecule has 142 valence electrons. The summed E-state index contributed by atoms with van der Waals surface area (Å²) in [6.07, 6.45) is 1.35. The number of likely N-dealkylation sites (tertiary alicyclic amines) is 1. The zero-order valence-corrected chi connectivity index (χ0v) is 16.5. The highest BCUT2D eigenvalue weighted by atomic mass is 35.5. The molecule has 3 heterocycles. The predicted octanol–water partition coefficient (Wildman–Crippen LogP) is 2.73. The quantitative estimate of drug-likeness (QED) is 0.826. The molecule has 9 heteroatoms. The number of carbonyl (C=O) groups is 1. The van der Waals surface area contributed by atoms with E-state index >= 15 is 0 Å². The number of aromatic nitrogens is 1. The van der Waals surface area contributed by atoms with Gasteiger partial charge < -0.3 is 20.1 Å². The summed E-state index contributed by atoms with van der Waals surface area (Å²) < 4.78 is 10.7. The number of hydrogen-bond acceptors (Lipinski definition) is 6. The summed E-state index contributed by atoms with van der Waals surface area (Å²) in [5.41, 5.74) is 7.48. The van der Waals surface area contributed by atoms with Crippen LogP contribution in [-0.2, 0) is 11.2 Å². The van der Waals surface area contributed by atoms with Crippen LogP contribution in [0, 0.1) is 5.92 Å². The first-order chi connectivity index (χ1) is 11.7. The number of nitrogens with zero attached hydrogens (tertiary/aromatic N) is 2. The summed E-state index contributed by atoms with van der Waals surface area (Å²) >= 11 is 1.54. The Bertz CT molecular complexity index is 771. The van der Waals surface area contributed by atoms with E-state index in [9.17, 15) is 4.79 Å². The summed E-state index contributed by atoms with van der Waals surface area (Å²) in [7, 11) is 0. The molecule has 0 bridgehead atoms. The van der Waals surface area contributed by atoms with Crippen LogP contribution in [0.15, 0.2) is 23.6 Å². The number of thiazole rings is 1. The Morgan fingerprint density at radius 1 is 1.31 bits per heavy atom. The molecular formula is C17H21Cl2N3O3S. The van der Waals surface area contributed by atoms with Crippen LogP contribution in [0.4, 0.5) is 0 Å². The fourth-order valence-corrected chi connectivity index (χ4v) is 3.89. The van der Waals surface area contributed by atoms with Crippen LogP contribution >= 0.6 is 36.2 Å². The maximum Gasteiger partial charge on any atom is 0.231 e. The van der Waals surface area contributed by atoms with Gasteiger partial charge in [0, 0.05) is 24.0 Å². The van der Waals surface area contributed by atoms with Gasteiger partial charge in [-0.25, -0.2) is 4.98 Å². The molecule has 1 atom stereocenters. The third-order valence-corrected chi connectivity index (χ3v) is 5.42. The lowest BCUT2D eigenvalue weighted by Crippen LogP contribution is -2.31. The number of ether oxygens (including phenoxy) is 2. The largest absolute Gasteiger partial charge is 0.454 e. The number of carbonyl (C=O) groups excluding carboxylic acids is 1. The topological polar surface area (TPSA) is 77.7 Å². The average molecular weight is 418 g/mol. The third kappa shape index (κ3) is 4.23. The zero-order chi connectivity index (χ0) is 16.5. The van der Waals surface area contributed by atoms with Crippen molar-refractivity contribution in [3.8, 4) is 22.1 Å². The lowest BCUT2D eigenvalue weighted by molar-refractivity contribution is -0.129. The molecule has 0 spiro atoms. The van der Waals surface area contributed by atoms with E-state index in [0.717, 1.165) is 47.3 Å². The molecule has 2 aliphatic rings. The van der Waals surface area contributed by atoms with Crippen molar-refractivity contribution in [2.45, 2.75) is 12.8 Å². The van der Waals surface area contributed by atoms with Crippen molar-refractivity contribution >= 4 is 42.1 Å². The Morgan fingerprint density at radius 2 is 2.12 bits per heavy atom. The van der Waals surface area contributed by atoms with Crippen LogP contribution < -0.4 is 15.2 Å². The molecule has 2 N–H and O–H groups in total. The van der Waals surface area contributed by atoms with Crippen molar-refractivity contribution in [1.29, 1.82) is 0 Å².